The number of hydrogen-bond acceptors (Lipinski definition) is 6. The Morgan fingerprint density at radius 1 is 1.33 bits per heavy atom. The maximum absolute atomic E-state index is 11.8. The predicted octanol–water partition coefficient (Wildman–Crippen LogP) is 1.47. The average molecular weight is 287 g/mol. The Kier molecular flexibility index (Phi) is 4.55. The topological polar surface area (TPSA) is 101 Å². The summed E-state index contributed by atoms with van der Waals surface area (Å²) in [6.07, 6.45) is 1.66. The van der Waals surface area contributed by atoms with E-state index in [9.17, 15) is 14.5 Å². The van der Waals surface area contributed by atoms with Crippen LogP contribution in [-0.4, -0.2) is 23.0 Å². The molecule has 0 spiro atoms. The van der Waals surface area contributed by atoms with Gasteiger partial charge in [0, 0.05) is 18.2 Å². The molecule has 0 bridgehead atoms. The molecule has 0 atom stereocenters. The fraction of sp³-hybridized carbons (Fsp3) is 0.214. The Labute approximate surface area is 120 Å². The third-order valence-corrected chi connectivity index (χ3v) is 2.90. The van der Waals surface area contributed by atoms with Crippen molar-refractivity contribution in [2.75, 3.05) is 7.11 Å². The van der Waals surface area contributed by atoms with Crippen molar-refractivity contribution in [3.63, 3.8) is 0 Å². The Hall–Kier alpha value is -2.83. The van der Waals surface area contributed by atoms with Gasteiger partial charge in [0.25, 0.3) is 5.56 Å². The molecular formula is C14H13N3O4. The molecule has 7 nitrogen and oxygen atoms in total. The molecule has 21 heavy (non-hydrogen) atoms. The second-order valence-corrected chi connectivity index (χ2v) is 4.37. The minimum atomic E-state index is -0.494. The SMILES string of the molecule is COC(=O)Cc1cnc(Cc2ccc(N=O)cc2)[nH]c1=O. The van der Waals surface area contributed by atoms with Gasteiger partial charge in [-0.05, 0) is 22.9 Å². The highest BCUT2D eigenvalue weighted by Gasteiger charge is 2.09. The van der Waals surface area contributed by atoms with E-state index in [4.69, 9.17) is 0 Å². The molecule has 2 rings (SSSR count). The normalized spacial score (nSPS) is 10.1. The van der Waals surface area contributed by atoms with Gasteiger partial charge >= 0.3 is 5.97 Å². The van der Waals surface area contributed by atoms with Crippen LogP contribution < -0.4 is 5.56 Å². The second-order valence-electron chi connectivity index (χ2n) is 4.37. The van der Waals surface area contributed by atoms with Crippen LogP contribution in [0.5, 0.6) is 0 Å². The molecule has 0 aliphatic carbocycles. The first-order valence-electron chi connectivity index (χ1n) is 6.18. The van der Waals surface area contributed by atoms with Gasteiger partial charge in [0.1, 0.15) is 11.5 Å². The second kappa shape index (κ2) is 6.56. The number of aromatic nitrogens is 2. The van der Waals surface area contributed by atoms with E-state index >= 15 is 0 Å². The van der Waals surface area contributed by atoms with Gasteiger partial charge in [-0.3, -0.25) is 9.59 Å². The summed E-state index contributed by atoms with van der Waals surface area (Å²) in [5, 5.41) is 2.81. The van der Waals surface area contributed by atoms with Crippen molar-refractivity contribution in [3.05, 3.63) is 62.7 Å². The van der Waals surface area contributed by atoms with Gasteiger partial charge in [0.2, 0.25) is 0 Å². The number of nitrogens with one attached hydrogen (secondary N) is 1. The van der Waals surface area contributed by atoms with Gasteiger partial charge < -0.3 is 9.72 Å². The summed E-state index contributed by atoms with van der Waals surface area (Å²) in [6, 6.07) is 6.65. The van der Waals surface area contributed by atoms with Gasteiger partial charge in [-0.15, -0.1) is 4.91 Å². The highest BCUT2D eigenvalue weighted by Crippen LogP contribution is 2.13. The molecule has 0 unspecified atom stereocenters. The first-order valence-corrected chi connectivity index (χ1v) is 6.18. The summed E-state index contributed by atoms with van der Waals surface area (Å²) in [6.45, 7) is 0. The van der Waals surface area contributed by atoms with E-state index in [1.807, 2.05) is 0 Å². The fourth-order valence-corrected chi connectivity index (χ4v) is 1.77. The molecule has 0 fully saturated rings. The zero-order chi connectivity index (χ0) is 15.2. The van der Waals surface area contributed by atoms with E-state index in [1.54, 1.807) is 24.3 Å². The first kappa shape index (κ1) is 14.6. The highest BCUT2D eigenvalue weighted by molar-refractivity contribution is 5.72. The van der Waals surface area contributed by atoms with Crippen LogP contribution >= 0.6 is 0 Å². The van der Waals surface area contributed by atoms with Crippen molar-refractivity contribution >= 4 is 11.7 Å². The molecule has 0 aliphatic heterocycles. The summed E-state index contributed by atoms with van der Waals surface area (Å²) in [5.41, 5.74) is 1.11. The third-order valence-electron chi connectivity index (χ3n) is 2.90. The van der Waals surface area contributed by atoms with Gasteiger partial charge in [0.15, 0.2) is 0 Å². The van der Waals surface area contributed by atoms with Gasteiger partial charge in [-0.25, -0.2) is 4.98 Å². The van der Waals surface area contributed by atoms with Crippen LogP contribution in [0.2, 0.25) is 0 Å². The number of benzene rings is 1. The van der Waals surface area contributed by atoms with Crippen LogP contribution in [-0.2, 0) is 22.4 Å². The lowest BCUT2D eigenvalue weighted by atomic mass is 10.1. The molecular weight excluding hydrogens is 274 g/mol. The van der Waals surface area contributed by atoms with Crippen molar-refractivity contribution in [2.24, 2.45) is 5.18 Å². The Balaban J connectivity index is 2.14. The van der Waals surface area contributed by atoms with E-state index < -0.39 is 5.97 Å². The quantitative estimate of drug-likeness (QED) is 0.662. The van der Waals surface area contributed by atoms with E-state index in [0.29, 0.717) is 17.9 Å². The Morgan fingerprint density at radius 3 is 2.62 bits per heavy atom. The zero-order valence-electron chi connectivity index (χ0n) is 11.3. The van der Waals surface area contributed by atoms with Crippen LogP contribution in [0.3, 0.4) is 0 Å². The Bertz CT molecular complexity index is 707. The fourth-order valence-electron chi connectivity index (χ4n) is 1.77. The summed E-state index contributed by atoms with van der Waals surface area (Å²) in [5.74, 6) is -0.0209. The number of aromatic amines is 1. The number of ether oxygens (including phenoxy) is 1. The lowest BCUT2D eigenvalue weighted by molar-refractivity contribution is -0.139. The molecule has 2 aromatic rings. The monoisotopic (exact) mass is 287 g/mol. The maximum Gasteiger partial charge on any atom is 0.310 e. The Morgan fingerprint density at radius 2 is 2.05 bits per heavy atom. The van der Waals surface area contributed by atoms with E-state index in [1.165, 1.54) is 13.3 Å². The third kappa shape index (κ3) is 3.82. The van der Waals surface area contributed by atoms with Gasteiger partial charge in [0.05, 0.1) is 13.5 Å². The van der Waals surface area contributed by atoms with Gasteiger partial charge in [-0.2, -0.15) is 0 Å². The largest absolute Gasteiger partial charge is 0.469 e. The van der Waals surface area contributed by atoms with Crippen LogP contribution in [0.4, 0.5) is 5.69 Å². The van der Waals surface area contributed by atoms with Gasteiger partial charge in [-0.1, -0.05) is 12.1 Å². The molecule has 1 aromatic heterocycles. The summed E-state index contributed by atoms with van der Waals surface area (Å²) < 4.78 is 4.50. The number of carbonyl (C=O) groups excluding carboxylic acids is 1. The van der Waals surface area contributed by atoms with E-state index in [2.05, 4.69) is 19.9 Å². The summed E-state index contributed by atoms with van der Waals surface area (Å²) in [7, 11) is 1.26. The molecule has 108 valence electrons. The van der Waals surface area contributed by atoms with Crippen molar-refractivity contribution in [2.45, 2.75) is 12.8 Å². The molecule has 0 saturated heterocycles. The van der Waals surface area contributed by atoms with Crippen LogP contribution in [0, 0.1) is 4.91 Å². The van der Waals surface area contributed by atoms with Crippen LogP contribution in [0.15, 0.2) is 40.4 Å². The molecule has 1 aromatic carbocycles. The number of carbonyl (C=O) groups is 1. The number of esters is 1. The lowest BCUT2D eigenvalue weighted by Crippen LogP contribution is -2.19. The number of methoxy groups -OCH3 is 1. The average Bonchev–Trinajstić information content (AvgIpc) is 2.50. The molecule has 1 N–H and O–H groups in total. The molecule has 0 radical (unpaired) electrons. The molecule has 0 saturated carbocycles. The minimum absolute atomic E-state index is 0.112. The summed E-state index contributed by atoms with van der Waals surface area (Å²) in [4.78, 5) is 40.0. The predicted molar refractivity (Wildman–Crippen MR) is 75.3 cm³/mol. The first-order chi connectivity index (χ1) is 10.1. The highest BCUT2D eigenvalue weighted by atomic mass is 16.5. The molecule has 0 amide bonds. The van der Waals surface area contributed by atoms with Crippen LogP contribution in [0.25, 0.3) is 0 Å². The van der Waals surface area contributed by atoms with Crippen molar-refractivity contribution in [1.29, 1.82) is 0 Å². The number of rotatable bonds is 5. The molecule has 7 heteroatoms. The molecule has 1 heterocycles. The van der Waals surface area contributed by atoms with Crippen molar-refractivity contribution in [1.82, 2.24) is 9.97 Å². The minimum Gasteiger partial charge on any atom is -0.469 e. The van der Waals surface area contributed by atoms with E-state index in [-0.39, 0.29) is 17.5 Å². The zero-order valence-corrected chi connectivity index (χ0v) is 11.3. The number of nitrogens with zero attached hydrogens (tertiary/aromatic N) is 2. The number of hydrogen-bond donors (Lipinski definition) is 1. The smallest absolute Gasteiger partial charge is 0.310 e. The molecule has 0 aliphatic rings. The standard InChI is InChI=1S/C14H13N3O4/c1-21-13(18)7-10-8-15-12(16-14(10)19)6-9-2-4-11(17-20)5-3-9/h2-5,8H,6-7H2,1H3,(H,15,16,19). The van der Waals surface area contributed by atoms with Crippen molar-refractivity contribution in [3.8, 4) is 0 Å². The number of H-pyrrole nitrogens is 1. The van der Waals surface area contributed by atoms with Crippen LogP contribution in [0.1, 0.15) is 17.0 Å². The lowest BCUT2D eigenvalue weighted by Gasteiger charge is -2.03. The van der Waals surface area contributed by atoms with E-state index in [0.717, 1.165) is 5.56 Å². The van der Waals surface area contributed by atoms with Crippen molar-refractivity contribution < 1.29 is 9.53 Å². The maximum atomic E-state index is 11.8. The number of nitroso groups, excluding NO2 is 1. The summed E-state index contributed by atoms with van der Waals surface area (Å²) >= 11 is 0.